The van der Waals surface area contributed by atoms with Crippen LogP contribution in [-0.2, 0) is 0 Å². The number of hydrogen-bond donors (Lipinski definition) is 3. The predicted octanol–water partition coefficient (Wildman–Crippen LogP) is 3.74. The molecule has 38 heavy (non-hydrogen) atoms. The normalized spacial score (nSPS) is 27.1. The van der Waals surface area contributed by atoms with Gasteiger partial charge in [0.1, 0.15) is 0 Å². The number of nitrogens with zero attached hydrogens (tertiary/aromatic N) is 3. The van der Waals surface area contributed by atoms with E-state index in [0.717, 1.165) is 24.2 Å². The number of aromatic nitrogens is 1. The second kappa shape index (κ2) is 8.48. The fourth-order valence-corrected chi connectivity index (χ4v) is 6.67. The lowest BCUT2D eigenvalue weighted by Crippen LogP contribution is -2.44. The summed E-state index contributed by atoms with van der Waals surface area (Å²) >= 11 is 0. The minimum Gasteiger partial charge on any atom is -0.468 e. The Morgan fingerprint density at radius 3 is 2.13 bits per heavy atom. The van der Waals surface area contributed by atoms with Gasteiger partial charge in [-0.05, 0) is 66.7 Å². The molecule has 1 aromatic carbocycles. The number of nitrogens with one attached hydrogen (secondary N) is 3. The molecular formula is C26H31F3N6O3. The lowest BCUT2D eigenvalue weighted by atomic mass is 9.60. The van der Waals surface area contributed by atoms with Gasteiger partial charge in [0.25, 0.3) is 11.8 Å². The number of anilines is 2. The summed E-state index contributed by atoms with van der Waals surface area (Å²) in [7, 11) is 0. The zero-order valence-electron chi connectivity index (χ0n) is 20.4. The van der Waals surface area contributed by atoms with Crippen molar-refractivity contribution in [1.29, 1.82) is 0 Å². The second-order valence-corrected chi connectivity index (χ2v) is 11.0. The SMILES string of the molecule is O=C(c1cnc(OCC(F)(F)F)c(C2CC2)c1)N1CC2C(C1)[C@@H]1CN(C(=O)c3ccc4c(c3)NNN4)C[C@H]21.[HH].[HH]. The molecule has 9 nitrogen and oxygen atoms in total. The Hall–Kier alpha value is -3.54. The van der Waals surface area contributed by atoms with Crippen LogP contribution in [0.15, 0.2) is 30.5 Å². The van der Waals surface area contributed by atoms with Crippen LogP contribution in [-0.4, -0.2) is 65.6 Å². The van der Waals surface area contributed by atoms with Gasteiger partial charge in [0, 0.05) is 46.4 Å². The van der Waals surface area contributed by atoms with E-state index in [1.165, 1.54) is 6.20 Å². The number of ether oxygens (including phenoxy) is 1. The first kappa shape index (κ1) is 23.6. The van der Waals surface area contributed by atoms with Crippen molar-refractivity contribution in [3.63, 3.8) is 0 Å². The Labute approximate surface area is 219 Å². The number of hydrogen-bond acceptors (Lipinski definition) is 7. The molecule has 7 rings (SSSR count). The largest absolute Gasteiger partial charge is 0.468 e. The molecule has 4 heterocycles. The zero-order valence-corrected chi connectivity index (χ0v) is 20.4. The average Bonchev–Trinajstić information content (AvgIpc) is 3.33. The Balaban J connectivity index is 0.00000161. The molecule has 4 fully saturated rings. The molecular weight excluding hydrogens is 501 g/mol. The maximum atomic E-state index is 13.3. The lowest BCUT2D eigenvalue weighted by molar-refractivity contribution is -0.154. The summed E-state index contributed by atoms with van der Waals surface area (Å²) in [5.74, 6) is 1.37. The molecule has 2 saturated heterocycles. The molecule has 204 valence electrons. The summed E-state index contributed by atoms with van der Waals surface area (Å²) in [5, 5.41) is 0. The van der Waals surface area contributed by atoms with E-state index in [1.807, 2.05) is 28.0 Å². The zero-order chi connectivity index (χ0) is 26.2. The van der Waals surface area contributed by atoms with Crippen molar-refractivity contribution in [1.82, 2.24) is 20.3 Å². The smallest absolute Gasteiger partial charge is 0.422 e. The van der Waals surface area contributed by atoms with Gasteiger partial charge in [-0.15, -0.1) is 5.53 Å². The predicted molar refractivity (Wildman–Crippen MR) is 135 cm³/mol. The van der Waals surface area contributed by atoms with Crippen molar-refractivity contribution in [3.8, 4) is 5.88 Å². The molecule has 5 aliphatic rings. The van der Waals surface area contributed by atoms with Crippen molar-refractivity contribution >= 4 is 23.2 Å². The van der Waals surface area contributed by atoms with Crippen molar-refractivity contribution < 1.29 is 30.4 Å². The van der Waals surface area contributed by atoms with E-state index in [0.29, 0.717) is 66.5 Å². The van der Waals surface area contributed by atoms with Crippen LogP contribution < -0.4 is 21.1 Å². The van der Waals surface area contributed by atoms with Gasteiger partial charge in [0.15, 0.2) is 6.61 Å². The van der Waals surface area contributed by atoms with Crippen LogP contribution >= 0.6 is 0 Å². The van der Waals surface area contributed by atoms with E-state index < -0.39 is 12.8 Å². The molecule has 0 bridgehead atoms. The number of carbonyl (C=O) groups excluding carboxylic acids is 2. The van der Waals surface area contributed by atoms with Gasteiger partial charge in [-0.1, -0.05) is 0 Å². The maximum Gasteiger partial charge on any atom is 0.422 e. The van der Waals surface area contributed by atoms with Crippen LogP contribution in [0.4, 0.5) is 24.5 Å². The highest BCUT2D eigenvalue weighted by molar-refractivity contribution is 5.97. The standard InChI is InChI=1S/C26H27F3N6O3.2H2/c27-26(28,29)12-38-23-16(13-1-2-13)5-15(7-30-23)25(37)35-10-19-17-8-34(9-18(17)20(19)11-35)24(36)14-3-4-21-22(6-14)32-33-31-21;;/h3-7,13,17-20,31-33H,1-2,8-12H2;2*1H/t17-,18+,19?,20?;;. The van der Waals surface area contributed by atoms with Crippen LogP contribution in [0.1, 0.15) is 47.9 Å². The first-order valence-corrected chi connectivity index (χ1v) is 12.9. The number of halogens is 3. The monoisotopic (exact) mass is 532 g/mol. The van der Waals surface area contributed by atoms with E-state index in [9.17, 15) is 22.8 Å². The number of likely N-dealkylation sites (tertiary alicyclic amines) is 2. The molecule has 2 aromatic rings. The molecule has 0 spiro atoms. The van der Waals surface area contributed by atoms with Crippen molar-refractivity contribution in [2.45, 2.75) is 24.9 Å². The quantitative estimate of drug-likeness (QED) is 0.540. The summed E-state index contributed by atoms with van der Waals surface area (Å²) in [4.78, 5) is 34.4. The third kappa shape index (κ3) is 4.01. The molecule has 2 aliphatic carbocycles. The van der Waals surface area contributed by atoms with Gasteiger partial charge in [-0.2, -0.15) is 13.2 Å². The topological polar surface area (TPSA) is 98.8 Å². The number of alkyl halides is 3. The van der Waals surface area contributed by atoms with Crippen molar-refractivity contribution in [2.75, 3.05) is 43.6 Å². The fraction of sp³-hybridized carbons (Fsp3) is 0.500. The van der Waals surface area contributed by atoms with Crippen LogP contribution in [0.25, 0.3) is 0 Å². The molecule has 3 N–H and O–H groups in total. The molecule has 2 amide bonds. The van der Waals surface area contributed by atoms with E-state index in [2.05, 4.69) is 21.4 Å². The highest BCUT2D eigenvalue weighted by atomic mass is 19.4. The lowest BCUT2D eigenvalue weighted by Gasteiger charge is -2.42. The Bertz CT molecular complexity index is 1310. The number of pyridine rings is 1. The first-order chi connectivity index (χ1) is 18.2. The number of carbonyl (C=O) groups is 2. The van der Waals surface area contributed by atoms with Crippen molar-refractivity contribution in [2.24, 2.45) is 23.7 Å². The number of rotatable bonds is 5. The summed E-state index contributed by atoms with van der Waals surface area (Å²) < 4.78 is 42.9. The van der Waals surface area contributed by atoms with Gasteiger partial charge in [0.2, 0.25) is 5.88 Å². The molecule has 12 heteroatoms. The van der Waals surface area contributed by atoms with Crippen LogP contribution in [0.2, 0.25) is 0 Å². The average molecular weight is 533 g/mol. The third-order valence-electron chi connectivity index (χ3n) is 8.68. The molecule has 2 unspecified atom stereocenters. The maximum absolute atomic E-state index is 13.3. The van der Waals surface area contributed by atoms with Crippen LogP contribution in [0.3, 0.4) is 0 Å². The first-order valence-electron chi connectivity index (χ1n) is 12.9. The molecule has 1 aromatic heterocycles. The minimum atomic E-state index is -4.45. The van der Waals surface area contributed by atoms with E-state index in [-0.39, 0.29) is 26.5 Å². The summed E-state index contributed by atoms with van der Waals surface area (Å²) in [6.07, 6.45) is -1.41. The number of fused-ring (bicyclic) bond motifs is 5. The molecule has 2 saturated carbocycles. The molecule has 0 radical (unpaired) electrons. The van der Waals surface area contributed by atoms with Gasteiger partial charge < -0.3 is 25.4 Å². The van der Waals surface area contributed by atoms with Crippen molar-refractivity contribution in [3.05, 3.63) is 47.2 Å². The summed E-state index contributed by atoms with van der Waals surface area (Å²) in [6, 6.07) is 7.21. The van der Waals surface area contributed by atoms with E-state index >= 15 is 0 Å². The molecule has 3 aliphatic heterocycles. The number of amides is 2. The van der Waals surface area contributed by atoms with Gasteiger partial charge in [0.05, 0.1) is 16.9 Å². The minimum absolute atomic E-state index is 0. The van der Waals surface area contributed by atoms with E-state index in [4.69, 9.17) is 4.74 Å². The Morgan fingerprint density at radius 1 is 0.921 bits per heavy atom. The van der Waals surface area contributed by atoms with Crippen LogP contribution in [0.5, 0.6) is 5.88 Å². The highest BCUT2D eigenvalue weighted by Crippen LogP contribution is 2.54. The molecule has 4 atom stereocenters. The second-order valence-electron chi connectivity index (χ2n) is 11.0. The van der Waals surface area contributed by atoms with Crippen LogP contribution in [0, 0.1) is 23.7 Å². The highest BCUT2D eigenvalue weighted by Gasteiger charge is 2.59. The number of hydrazine groups is 2. The van der Waals surface area contributed by atoms with Gasteiger partial charge >= 0.3 is 6.18 Å². The van der Waals surface area contributed by atoms with Gasteiger partial charge in [-0.25, -0.2) is 4.98 Å². The van der Waals surface area contributed by atoms with E-state index in [1.54, 1.807) is 6.07 Å². The fourth-order valence-electron chi connectivity index (χ4n) is 6.67. The Morgan fingerprint density at radius 2 is 1.53 bits per heavy atom. The summed E-state index contributed by atoms with van der Waals surface area (Å²) in [5.41, 5.74) is 12.1. The third-order valence-corrected chi connectivity index (χ3v) is 8.68. The Kier molecular flexibility index (Phi) is 5.26. The number of benzene rings is 1. The summed E-state index contributed by atoms with van der Waals surface area (Å²) in [6.45, 7) is 1.22. The van der Waals surface area contributed by atoms with Gasteiger partial charge in [-0.3, -0.25) is 9.59 Å².